The summed E-state index contributed by atoms with van der Waals surface area (Å²) in [7, 11) is 0. The highest BCUT2D eigenvalue weighted by Gasteiger charge is 1.95. The largest absolute Gasteiger partial charge is 0.330 e. The molecule has 0 fully saturated rings. The molecule has 0 radical (unpaired) electrons. The van der Waals surface area contributed by atoms with Gasteiger partial charge in [-0.05, 0) is 46.6 Å². The molecule has 3 aromatic carbocycles. The van der Waals surface area contributed by atoms with Crippen LogP contribution in [0.1, 0.15) is 26.2 Å². The van der Waals surface area contributed by atoms with E-state index in [-0.39, 0.29) is 0 Å². The highest BCUT2D eigenvalue weighted by Crippen LogP contribution is 2.21. The standard InChI is InChI=1S/C14H10.C5H13N/c1-2-6-12-10-14-8-4-3-7-13(14)9-11(12)5-1;1-2-3-4-5-6/h1-10H;2-6H2,1H3. The summed E-state index contributed by atoms with van der Waals surface area (Å²) in [5.41, 5.74) is 5.21. The van der Waals surface area contributed by atoms with Crippen molar-refractivity contribution in [1.29, 1.82) is 0 Å². The Morgan fingerprint density at radius 3 is 1.35 bits per heavy atom. The third kappa shape index (κ3) is 3.82. The fourth-order valence-corrected chi connectivity index (χ4v) is 2.28. The third-order valence-corrected chi connectivity index (χ3v) is 3.42. The van der Waals surface area contributed by atoms with Gasteiger partial charge in [0.2, 0.25) is 0 Å². The molecule has 0 saturated heterocycles. The summed E-state index contributed by atoms with van der Waals surface area (Å²) in [6.07, 6.45) is 3.75. The lowest BCUT2D eigenvalue weighted by atomic mass is 10.0. The van der Waals surface area contributed by atoms with Crippen molar-refractivity contribution in [1.82, 2.24) is 0 Å². The van der Waals surface area contributed by atoms with Gasteiger partial charge in [-0.25, -0.2) is 0 Å². The summed E-state index contributed by atoms with van der Waals surface area (Å²) < 4.78 is 0. The van der Waals surface area contributed by atoms with Crippen LogP contribution in [0.2, 0.25) is 0 Å². The van der Waals surface area contributed by atoms with Crippen molar-refractivity contribution in [3.8, 4) is 0 Å². The molecule has 0 aliphatic carbocycles. The lowest BCUT2D eigenvalue weighted by Crippen LogP contribution is -1.96. The van der Waals surface area contributed by atoms with Gasteiger partial charge in [0.25, 0.3) is 0 Å². The summed E-state index contributed by atoms with van der Waals surface area (Å²) in [4.78, 5) is 0. The highest BCUT2D eigenvalue weighted by molar-refractivity contribution is 5.98. The van der Waals surface area contributed by atoms with E-state index < -0.39 is 0 Å². The third-order valence-electron chi connectivity index (χ3n) is 3.42. The minimum absolute atomic E-state index is 0.855. The van der Waals surface area contributed by atoms with Gasteiger partial charge in [0.05, 0.1) is 0 Å². The monoisotopic (exact) mass is 265 g/mol. The Labute approximate surface area is 121 Å². The summed E-state index contributed by atoms with van der Waals surface area (Å²) in [6.45, 7) is 3.03. The Morgan fingerprint density at radius 1 is 0.700 bits per heavy atom. The number of hydrogen-bond acceptors (Lipinski definition) is 1. The normalized spacial score (nSPS) is 10.3. The molecular weight excluding hydrogens is 242 g/mol. The van der Waals surface area contributed by atoms with Crippen LogP contribution >= 0.6 is 0 Å². The Balaban J connectivity index is 0.000000212. The summed E-state index contributed by atoms with van der Waals surface area (Å²) in [5, 5.41) is 5.25. The second-order valence-electron chi connectivity index (χ2n) is 5.04. The zero-order chi connectivity index (χ0) is 14.2. The van der Waals surface area contributed by atoms with Crippen molar-refractivity contribution in [2.45, 2.75) is 26.2 Å². The van der Waals surface area contributed by atoms with Gasteiger partial charge in [0.15, 0.2) is 0 Å². The fourth-order valence-electron chi connectivity index (χ4n) is 2.28. The van der Waals surface area contributed by atoms with Crippen molar-refractivity contribution in [3.05, 3.63) is 60.7 Å². The van der Waals surface area contributed by atoms with Crippen molar-refractivity contribution in [3.63, 3.8) is 0 Å². The van der Waals surface area contributed by atoms with Crippen LogP contribution in [0.3, 0.4) is 0 Å². The zero-order valence-corrected chi connectivity index (χ0v) is 12.2. The van der Waals surface area contributed by atoms with Gasteiger partial charge in [-0.2, -0.15) is 0 Å². The molecule has 2 N–H and O–H groups in total. The Hall–Kier alpha value is -1.86. The van der Waals surface area contributed by atoms with E-state index in [2.05, 4.69) is 67.6 Å². The molecule has 20 heavy (non-hydrogen) atoms. The van der Waals surface area contributed by atoms with Gasteiger partial charge in [-0.15, -0.1) is 0 Å². The molecule has 104 valence electrons. The first-order valence-electron chi connectivity index (χ1n) is 7.42. The molecule has 3 rings (SSSR count). The smallest absolute Gasteiger partial charge is 0.00773 e. The molecule has 0 aliphatic heterocycles. The van der Waals surface area contributed by atoms with E-state index in [0.29, 0.717) is 0 Å². The van der Waals surface area contributed by atoms with E-state index in [1.54, 1.807) is 0 Å². The van der Waals surface area contributed by atoms with Crippen LogP contribution < -0.4 is 5.73 Å². The first-order valence-corrected chi connectivity index (χ1v) is 7.42. The Morgan fingerprint density at radius 2 is 1.10 bits per heavy atom. The van der Waals surface area contributed by atoms with E-state index in [1.807, 2.05) is 0 Å². The van der Waals surface area contributed by atoms with Crippen LogP contribution in [0.5, 0.6) is 0 Å². The number of fused-ring (bicyclic) bond motifs is 2. The van der Waals surface area contributed by atoms with Crippen molar-refractivity contribution >= 4 is 21.5 Å². The molecule has 3 aromatic rings. The summed E-state index contributed by atoms with van der Waals surface area (Å²) in [5.74, 6) is 0. The second kappa shape index (κ2) is 7.66. The van der Waals surface area contributed by atoms with Crippen molar-refractivity contribution in [2.24, 2.45) is 5.73 Å². The first-order chi connectivity index (χ1) is 9.85. The number of rotatable bonds is 3. The summed E-state index contributed by atoms with van der Waals surface area (Å²) in [6, 6.07) is 21.4. The van der Waals surface area contributed by atoms with Crippen LogP contribution in [-0.4, -0.2) is 6.54 Å². The maximum absolute atomic E-state index is 5.21. The van der Waals surface area contributed by atoms with Crippen molar-refractivity contribution < 1.29 is 0 Å². The molecule has 0 aromatic heterocycles. The average Bonchev–Trinajstić information content (AvgIpc) is 2.51. The van der Waals surface area contributed by atoms with E-state index in [9.17, 15) is 0 Å². The topological polar surface area (TPSA) is 26.0 Å². The molecule has 0 spiro atoms. The van der Waals surface area contributed by atoms with Gasteiger partial charge in [0.1, 0.15) is 0 Å². The number of hydrogen-bond donors (Lipinski definition) is 1. The van der Waals surface area contributed by atoms with Gasteiger partial charge < -0.3 is 5.73 Å². The predicted octanol–water partition coefficient (Wildman–Crippen LogP) is 5.13. The van der Waals surface area contributed by atoms with Crippen molar-refractivity contribution in [2.75, 3.05) is 6.54 Å². The number of benzene rings is 3. The Bertz CT molecular complexity index is 549. The second-order valence-corrected chi connectivity index (χ2v) is 5.04. The van der Waals surface area contributed by atoms with Gasteiger partial charge in [-0.1, -0.05) is 68.3 Å². The SMILES string of the molecule is CCCCCN.c1ccc2cc3ccccc3cc2c1. The maximum atomic E-state index is 5.21. The maximum Gasteiger partial charge on any atom is -0.00773 e. The number of unbranched alkanes of at least 4 members (excludes halogenated alkanes) is 2. The molecule has 0 aliphatic rings. The lowest BCUT2D eigenvalue weighted by Gasteiger charge is -2.00. The minimum Gasteiger partial charge on any atom is -0.330 e. The average molecular weight is 265 g/mol. The van der Waals surface area contributed by atoms with Gasteiger partial charge >= 0.3 is 0 Å². The summed E-state index contributed by atoms with van der Waals surface area (Å²) >= 11 is 0. The van der Waals surface area contributed by atoms with E-state index in [0.717, 1.165) is 6.54 Å². The molecule has 0 amide bonds. The first kappa shape index (κ1) is 14.5. The molecule has 0 saturated carbocycles. The lowest BCUT2D eigenvalue weighted by molar-refractivity contribution is 0.727. The molecule has 0 unspecified atom stereocenters. The van der Waals surface area contributed by atoms with E-state index >= 15 is 0 Å². The fraction of sp³-hybridized carbons (Fsp3) is 0.263. The van der Waals surface area contributed by atoms with Crippen LogP contribution in [0.4, 0.5) is 0 Å². The molecule has 0 bridgehead atoms. The van der Waals surface area contributed by atoms with Crippen LogP contribution in [0.15, 0.2) is 60.7 Å². The molecule has 1 heteroatoms. The molecule has 1 nitrogen and oxygen atoms in total. The predicted molar refractivity (Wildman–Crippen MR) is 90.0 cm³/mol. The van der Waals surface area contributed by atoms with Crippen LogP contribution in [-0.2, 0) is 0 Å². The van der Waals surface area contributed by atoms with Crippen LogP contribution in [0.25, 0.3) is 21.5 Å². The van der Waals surface area contributed by atoms with E-state index in [1.165, 1.54) is 40.8 Å². The number of nitrogens with two attached hydrogens (primary N) is 1. The Kier molecular flexibility index (Phi) is 5.57. The quantitative estimate of drug-likeness (QED) is 0.515. The molecular formula is C19H23N. The zero-order valence-electron chi connectivity index (χ0n) is 12.2. The van der Waals surface area contributed by atoms with Gasteiger partial charge in [0, 0.05) is 0 Å². The van der Waals surface area contributed by atoms with E-state index in [4.69, 9.17) is 5.73 Å². The van der Waals surface area contributed by atoms with Gasteiger partial charge in [-0.3, -0.25) is 0 Å². The molecule has 0 heterocycles. The van der Waals surface area contributed by atoms with Crippen LogP contribution in [0, 0.1) is 0 Å². The minimum atomic E-state index is 0.855. The molecule has 0 atom stereocenters. The highest BCUT2D eigenvalue weighted by atomic mass is 14.5.